The molecule has 0 spiro atoms. The molecule has 2 rings (SSSR count). The summed E-state index contributed by atoms with van der Waals surface area (Å²) in [6.07, 6.45) is 1.24. The van der Waals surface area contributed by atoms with Crippen molar-refractivity contribution in [3.63, 3.8) is 0 Å². The summed E-state index contributed by atoms with van der Waals surface area (Å²) in [7, 11) is 0. The van der Waals surface area contributed by atoms with Crippen molar-refractivity contribution in [3.05, 3.63) is 71.5 Å². The third kappa shape index (κ3) is 4.23. The van der Waals surface area contributed by atoms with Gasteiger partial charge in [-0.05, 0) is 26.0 Å². The van der Waals surface area contributed by atoms with E-state index >= 15 is 0 Å². The van der Waals surface area contributed by atoms with Crippen LogP contribution in [0.15, 0.2) is 60.4 Å². The lowest BCUT2D eigenvalue weighted by Gasteiger charge is -2.07. The van der Waals surface area contributed by atoms with Gasteiger partial charge in [0.1, 0.15) is 17.8 Å². The number of rotatable bonds is 6. The topological polar surface area (TPSA) is 72.8 Å². The Hall–Kier alpha value is -3.08. The fourth-order valence-corrected chi connectivity index (χ4v) is 1.97. The summed E-state index contributed by atoms with van der Waals surface area (Å²) in [5.74, 6) is -0.639. The minimum atomic E-state index is -0.474. The zero-order valence-electron chi connectivity index (χ0n) is 13.5. The predicted octanol–water partition coefficient (Wildman–Crippen LogP) is 3.47. The molecule has 0 saturated carbocycles. The summed E-state index contributed by atoms with van der Waals surface area (Å²) in [6.45, 7) is 3.55. The quantitative estimate of drug-likeness (QED) is 0.381. The average Bonchev–Trinajstić information content (AvgIpc) is 2.60. The SMILES string of the molecule is CCOC(=O)C(C)=COc1ccc(C(=O)c2ccccc2)c(O)c1. The number of phenols is 1. The number of esters is 1. The average molecular weight is 326 g/mol. The smallest absolute Gasteiger partial charge is 0.336 e. The number of carbonyl (C=O) groups excluding carboxylic acids is 2. The minimum absolute atomic E-state index is 0.180. The van der Waals surface area contributed by atoms with Gasteiger partial charge in [-0.2, -0.15) is 0 Å². The Morgan fingerprint density at radius 2 is 1.83 bits per heavy atom. The summed E-state index contributed by atoms with van der Waals surface area (Å²) in [4.78, 5) is 23.8. The Kier molecular flexibility index (Phi) is 5.73. The van der Waals surface area contributed by atoms with Crippen LogP contribution in [0.4, 0.5) is 0 Å². The normalized spacial score (nSPS) is 11.0. The van der Waals surface area contributed by atoms with Gasteiger partial charge >= 0.3 is 5.97 Å². The summed E-state index contributed by atoms with van der Waals surface area (Å²) in [5, 5.41) is 10.1. The highest BCUT2D eigenvalue weighted by molar-refractivity contribution is 6.10. The van der Waals surface area contributed by atoms with Crippen molar-refractivity contribution in [2.75, 3.05) is 6.61 Å². The Morgan fingerprint density at radius 1 is 1.12 bits per heavy atom. The fourth-order valence-electron chi connectivity index (χ4n) is 1.97. The van der Waals surface area contributed by atoms with Crippen molar-refractivity contribution >= 4 is 11.8 Å². The zero-order valence-corrected chi connectivity index (χ0v) is 13.5. The molecule has 2 aromatic rings. The van der Waals surface area contributed by atoms with Crippen molar-refractivity contribution in [2.24, 2.45) is 0 Å². The molecule has 0 aliphatic carbocycles. The van der Waals surface area contributed by atoms with E-state index in [9.17, 15) is 14.7 Å². The lowest BCUT2D eigenvalue weighted by molar-refractivity contribution is -0.138. The van der Waals surface area contributed by atoms with E-state index in [-0.39, 0.29) is 23.7 Å². The van der Waals surface area contributed by atoms with Crippen LogP contribution >= 0.6 is 0 Å². The van der Waals surface area contributed by atoms with Gasteiger partial charge in [0.05, 0.1) is 17.7 Å². The summed E-state index contributed by atoms with van der Waals surface area (Å²) in [5.41, 5.74) is 0.958. The first-order valence-corrected chi connectivity index (χ1v) is 7.46. The highest BCUT2D eigenvalue weighted by atomic mass is 16.5. The van der Waals surface area contributed by atoms with Crippen LogP contribution in [0.5, 0.6) is 11.5 Å². The first-order valence-electron chi connectivity index (χ1n) is 7.46. The van der Waals surface area contributed by atoms with Gasteiger partial charge in [0.2, 0.25) is 0 Å². The number of phenolic OH excluding ortho intramolecular Hbond substituents is 1. The first kappa shape index (κ1) is 17.3. The molecule has 0 atom stereocenters. The summed E-state index contributed by atoms with van der Waals surface area (Å²) >= 11 is 0. The van der Waals surface area contributed by atoms with Crippen LogP contribution in [-0.4, -0.2) is 23.5 Å². The van der Waals surface area contributed by atoms with Gasteiger partial charge in [0, 0.05) is 11.6 Å². The number of hydrogen-bond donors (Lipinski definition) is 1. The molecule has 24 heavy (non-hydrogen) atoms. The van der Waals surface area contributed by atoms with Crippen molar-refractivity contribution in [3.8, 4) is 11.5 Å². The Morgan fingerprint density at radius 3 is 2.46 bits per heavy atom. The molecule has 5 heteroatoms. The van der Waals surface area contributed by atoms with E-state index in [1.54, 1.807) is 44.2 Å². The standard InChI is InChI=1S/C19H18O5/c1-3-23-19(22)13(2)12-24-15-9-10-16(17(20)11-15)18(21)14-7-5-4-6-8-14/h4-12,20H,3H2,1-2H3. The van der Waals surface area contributed by atoms with E-state index in [4.69, 9.17) is 9.47 Å². The van der Waals surface area contributed by atoms with Gasteiger partial charge in [0.25, 0.3) is 0 Å². The fraction of sp³-hybridized carbons (Fsp3) is 0.158. The number of benzene rings is 2. The molecule has 0 aromatic heterocycles. The summed E-state index contributed by atoms with van der Waals surface area (Å²) in [6, 6.07) is 13.0. The number of aromatic hydroxyl groups is 1. The molecule has 0 saturated heterocycles. The van der Waals surface area contributed by atoms with Crippen LogP contribution in [-0.2, 0) is 9.53 Å². The lowest BCUT2D eigenvalue weighted by atomic mass is 10.0. The molecule has 0 aliphatic rings. The third-order valence-corrected chi connectivity index (χ3v) is 3.22. The molecular weight excluding hydrogens is 308 g/mol. The second kappa shape index (κ2) is 7.97. The number of hydrogen-bond acceptors (Lipinski definition) is 5. The van der Waals surface area contributed by atoms with Crippen LogP contribution in [0.1, 0.15) is 29.8 Å². The van der Waals surface area contributed by atoms with Crippen LogP contribution in [0.3, 0.4) is 0 Å². The van der Waals surface area contributed by atoms with Crippen molar-refractivity contribution in [1.29, 1.82) is 0 Å². The van der Waals surface area contributed by atoms with Gasteiger partial charge in [0.15, 0.2) is 5.78 Å². The van der Waals surface area contributed by atoms with Crippen molar-refractivity contribution in [2.45, 2.75) is 13.8 Å². The van der Waals surface area contributed by atoms with Crippen LogP contribution in [0.25, 0.3) is 0 Å². The van der Waals surface area contributed by atoms with Crippen LogP contribution < -0.4 is 4.74 Å². The first-order chi connectivity index (χ1) is 11.5. The van der Waals surface area contributed by atoms with E-state index in [1.807, 2.05) is 6.07 Å². The van der Waals surface area contributed by atoms with Crippen LogP contribution in [0, 0.1) is 0 Å². The number of carbonyl (C=O) groups is 2. The molecule has 0 amide bonds. The van der Waals surface area contributed by atoms with Gasteiger partial charge in [-0.15, -0.1) is 0 Å². The third-order valence-electron chi connectivity index (χ3n) is 3.22. The van der Waals surface area contributed by atoms with E-state index in [0.717, 1.165) is 0 Å². The van der Waals surface area contributed by atoms with E-state index in [0.29, 0.717) is 16.9 Å². The zero-order chi connectivity index (χ0) is 17.5. The summed E-state index contributed by atoms with van der Waals surface area (Å²) < 4.78 is 10.2. The van der Waals surface area contributed by atoms with Gasteiger partial charge in [-0.3, -0.25) is 4.79 Å². The maximum absolute atomic E-state index is 12.3. The molecule has 124 valence electrons. The molecule has 0 radical (unpaired) electrons. The van der Waals surface area contributed by atoms with Crippen molar-refractivity contribution in [1.82, 2.24) is 0 Å². The monoisotopic (exact) mass is 326 g/mol. The highest BCUT2D eigenvalue weighted by Crippen LogP contribution is 2.26. The Labute approximate surface area is 140 Å². The molecule has 0 aliphatic heterocycles. The highest BCUT2D eigenvalue weighted by Gasteiger charge is 2.14. The van der Waals surface area contributed by atoms with Gasteiger partial charge in [-0.1, -0.05) is 30.3 Å². The van der Waals surface area contributed by atoms with E-state index in [1.165, 1.54) is 18.4 Å². The largest absolute Gasteiger partial charge is 0.507 e. The molecule has 0 bridgehead atoms. The van der Waals surface area contributed by atoms with Crippen molar-refractivity contribution < 1.29 is 24.2 Å². The predicted molar refractivity (Wildman–Crippen MR) is 89.0 cm³/mol. The van der Waals surface area contributed by atoms with Crippen LogP contribution in [0.2, 0.25) is 0 Å². The lowest BCUT2D eigenvalue weighted by Crippen LogP contribution is -2.06. The minimum Gasteiger partial charge on any atom is -0.507 e. The Bertz CT molecular complexity index is 763. The maximum atomic E-state index is 12.3. The maximum Gasteiger partial charge on any atom is 0.336 e. The molecule has 5 nitrogen and oxygen atoms in total. The van der Waals surface area contributed by atoms with Gasteiger partial charge < -0.3 is 14.6 Å². The van der Waals surface area contributed by atoms with E-state index < -0.39 is 5.97 Å². The number of ether oxygens (including phenoxy) is 2. The molecule has 0 unspecified atom stereocenters. The second-order valence-corrected chi connectivity index (χ2v) is 5.01. The molecular formula is C19H18O5. The molecule has 2 aromatic carbocycles. The molecule has 0 heterocycles. The molecule has 0 fully saturated rings. The number of ketones is 1. The Balaban J connectivity index is 2.14. The molecule has 1 N–H and O–H groups in total. The van der Waals surface area contributed by atoms with Gasteiger partial charge in [-0.25, -0.2) is 4.79 Å². The van der Waals surface area contributed by atoms with E-state index in [2.05, 4.69) is 0 Å². The second-order valence-electron chi connectivity index (χ2n) is 5.01.